The summed E-state index contributed by atoms with van der Waals surface area (Å²) < 4.78 is 66.5. The topological polar surface area (TPSA) is 96.5 Å². The normalized spacial score (nSPS) is 33.2. The summed E-state index contributed by atoms with van der Waals surface area (Å²) in [6.45, 7) is 5.69. The van der Waals surface area contributed by atoms with Crippen molar-refractivity contribution in [1.82, 2.24) is 12.9 Å². The van der Waals surface area contributed by atoms with Crippen molar-refractivity contribution in [3.8, 4) is 0 Å². The van der Waals surface area contributed by atoms with E-state index in [1.165, 1.54) is 12.9 Å². The molecule has 0 aromatic rings. The molecule has 158 valence electrons. The van der Waals surface area contributed by atoms with Gasteiger partial charge in [0.15, 0.2) is 0 Å². The Labute approximate surface area is 162 Å². The highest BCUT2D eigenvalue weighted by Gasteiger charge is 2.39. The molecule has 3 aliphatic rings. The molecule has 9 nitrogen and oxygen atoms in total. The van der Waals surface area contributed by atoms with E-state index >= 15 is 0 Å². The Morgan fingerprint density at radius 2 is 1.44 bits per heavy atom. The Balaban J connectivity index is 1.57. The van der Waals surface area contributed by atoms with Crippen LogP contribution in [0.1, 0.15) is 33.1 Å². The van der Waals surface area contributed by atoms with Gasteiger partial charge in [0.1, 0.15) is 0 Å². The van der Waals surface area contributed by atoms with Crippen molar-refractivity contribution >= 4 is 20.2 Å². The summed E-state index contributed by atoms with van der Waals surface area (Å²) in [6, 6.07) is 0. The molecule has 3 rings (SSSR count). The standard InChI is InChI=1S/C16H31N3O6S2/c1-14-11-19(12-15(2)25-14)27(22,23)18-8-6-17(7-9-18)26(20,21)13-16-5-3-4-10-24-16/h14-16H,3-13H2,1-2H3. The minimum Gasteiger partial charge on any atom is -0.377 e. The van der Waals surface area contributed by atoms with Gasteiger partial charge in [-0.3, -0.25) is 0 Å². The predicted octanol–water partition coefficient (Wildman–Crippen LogP) is -0.143. The number of hydrogen-bond acceptors (Lipinski definition) is 6. The molecule has 0 saturated carbocycles. The van der Waals surface area contributed by atoms with E-state index in [-0.39, 0.29) is 50.2 Å². The summed E-state index contributed by atoms with van der Waals surface area (Å²) in [5.41, 5.74) is 0. The minimum atomic E-state index is -3.61. The van der Waals surface area contributed by atoms with Crippen molar-refractivity contribution < 1.29 is 26.3 Å². The molecule has 3 saturated heterocycles. The molecule has 0 radical (unpaired) electrons. The van der Waals surface area contributed by atoms with Crippen molar-refractivity contribution in [2.24, 2.45) is 0 Å². The van der Waals surface area contributed by atoms with Gasteiger partial charge in [-0.15, -0.1) is 0 Å². The van der Waals surface area contributed by atoms with Gasteiger partial charge in [-0.1, -0.05) is 0 Å². The molecule has 11 heteroatoms. The molecule has 0 amide bonds. The third-order valence-corrected chi connectivity index (χ3v) is 9.21. The highest BCUT2D eigenvalue weighted by atomic mass is 32.2. The summed E-state index contributed by atoms with van der Waals surface area (Å²) in [5.74, 6) is -0.0156. The summed E-state index contributed by atoms with van der Waals surface area (Å²) in [7, 11) is -7.05. The molecule has 3 atom stereocenters. The molecule has 3 unspecified atom stereocenters. The van der Waals surface area contributed by atoms with Gasteiger partial charge in [-0.2, -0.15) is 21.3 Å². The van der Waals surface area contributed by atoms with E-state index in [2.05, 4.69) is 0 Å². The van der Waals surface area contributed by atoms with Crippen molar-refractivity contribution in [2.75, 3.05) is 51.6 Å². The Hall–Kier alpha value is -0.300. The Bertz CT molecular complexity index is 690. The van der Waals surface area contributed by atoms with Crippen molar-refractivity contribution in [2.45, 2.75) is 51.4 Å². The van der Waals surface area contributed by atoms with E-state index in [1.54, 1.807) is 0 Å². The molecular weight excluding hydrogens is 394 g/mol. The lowest BCUT2D eigenvalue weighted by Crippen LogP contribution is -2.58. The largest absolute Gasteiger partial charge is 0.377 e. The van der Waals surface area contributed by atoms with Crippen LogP contribution in [0.15, 0.2) is 0 Å². The molecule has 0 aliphatic carbocycles. The number of nitrogens with zero attached hydrogens (tertiary/aromatic N) is 3. The highest BCUT2D eigenvalue weighted by molar-refractivity contribution is 7.89. The maximum absolute atomic E-state index is 12.9. The average molecular weight is 426 g/mol. The second-order valence-electron chi connectivity index (χ2n) is 7.65. The number of rotatable bonds is 5. The molecule has 0 bridgehead atoms. The number of hydrogen-bond donors (Lipinski definition) is 0. The second kappa shape index (κ2) is 8.60. The highest BCUT2D eigenvalue weighted by Crippen LogP contribution is 2.21. The molecule has 0 aromatic heterocycles. The van der Waals surface area contributed by atoms with Gasteiger partial charge in [-0.25, -0.2) is 8.42 Å². The lowest BCUT2D eigenvalue weighted by Gasteiger charge is -2.40. The number of piperazine rings is 1. The van der Waals surface area contributed by atoms with Crippen LogP contribution in [0.2, 0.25) is 0 Å². The molecule has 3 fully saturated rings. The smallest absolute Gasteiger partial charge is 0.282 e. The fraction of sp³-hybridized carbons (Fsp3) is 1.00. The number of sulfonamides is 1. The molecular formula is C16H31N3O6S2. The van der Waals surface area contributed by atoms with Crippen LogP contribution in [0.4, 0.5) is 0 Å². The second-order valence-corrected chi connectivity index (χ2v) is 11.6. The minimum absolute atomic E-state index is 0.0156. The fourth-order valence-electron chi connectivity index (χ4n) is 3.94. The van der Waals surface area contributed by atoms with Crippen LogP contribution < -0.4 is 0 Å². The van der Waals surface area contributed by atoms with E-state index in [0.717, 1.165) is 19.3 Å². The lowest BCUT2D eigenvalue weighted by molar-refractivity contribution is -0.0456. The van der Waals surface area contributed by atoms with Crippen molar-refractivity contribution in [1.29, 1.82) is 0 Å². The van der Waals surface area contributed by atoms with E-state index in [0.29, 0.717) is 19.7 Å². The molecule has 0 spiro atoms. The SMILES string of the molecule is CC1CN(S(=O)(=O)N2CCN(S(=O)(=O)CC3CCCCO3)CC2)CC(C)O1. The first kappa shape index (κ1) is 21.4. The summed E-state index contributed by atoms with van der Waals surface area (Å²) in [4.78, 5) is 0. The lowest BCUT2D eigenvalue weighted by atomic mass is 10.1. The predicted molar refractivity (Wildman–Crippen MR) is 101 cm³/mol. The van der Waals surface area contributed by atoms with Crippen LogP contribution in [-0.2, 0) is 29.7 Å². The van der Waals surface area contributed by atoms with Crippen LogP contribution in [0, 0.1) is 0 Å². The summed E-state index contributed by atoms with van der Waals surface area (Å²) in [6.07, 6.45) is 2.18. The van der Waals surface area contributed by atoms with Gasteiger partial charge < -0.3 is 9.47 Å². The third kappa shape index (κ3) is 5.20. The quantitative estimate of drug-likeness (QED) is 0.608. The van der Waals surface area contributed by atoms with Crippen LogP contribution in [0.25, 0.3) is 0 Å². The molecule has 3 heterocycles. The fourth-order valence-corrected chi connectivity index (χ4v) is 7.35. The van der Waals surface area contributed by atoms with Gasteiger partial charge in [-0.05, 0) is 33.1 Å². The Kier molecular flexibility index (Phi) is 6.82. The zero-order valence-corrected chi connectivity index (χ0v) is 17.8. The van der Waals surface area contributed by atoms with Gasteiger partial charge in [0.05, 0.1) is 24.1 Å². The van der Waals surface area contributed by atoms with E-state index in [4.69, 9.17) is 9.47 Å². The first-order valence-corrected chi connectivity index (χ1v) is 12.7. The molecule has 3 aliphatic heterocycles. The number of morpholine rings is 1. The van der Waals surface area contributed by atoms with Gasteiger partial charge in [0.25, 0.3) is 10.2 Å². The molecule has 0 N–H and O–H groups in total. The first-order valence-electron chi connectivity index (χ1n) is 9.68. The van der Waals surface area contributed by atoms with Crippen LogP contribution in [0.3, 0.4) is 0 Å². The summed E-state index contributed by atoms with van der Waals surface area (Å²) >= 11 is 0. The van der Waals surface area contributed by atoms with Crippen molar-refractivity contribution in [3.05, 3.63) is 0 Å². The molecule has 27 heavy (non-hydrogen) atoms. The zero-order valence-electron chi connectivity index (χ0n) is 16.1. The maximum atomic E-state index is 12.9. The monoisotopic (exact) mass is 425 g/mol. The van der Waals surface area contributed by atoms with Crippen LogP contribution in [0.5, 0.6) is 0 Å². The Morgan fingerprint density at radius 3 is 2.00 bits per heavy atom. The van der Waals surface area contributed by atoms with E-state index in [9.17, 15) is 16.8 Å². The Morgan fingerprint density at radius 1 is 0.852 bits per heavy atom. The third-order valence-electron chi connectivity index (χ3n) is 5.30. The van der Waals surface area contributed by atoms with Gasteiger partial charge in [0.2, 0.25) is 10.0 Å². The molecule has 0 aromatic carbocycles. The zero-order chi connectivity index (χ0) is 19.7. The number of ether oxygens (including phenoxy) is 2. The first-order chi connectivity index (χ1) is 12.7. The van der Waals surface area contributed by atoms with Crippen molar-refractivity contribution in [3.63, 3.8) is 0 Å². The van der Waals surface area contributed by atoms with E-state index < -0.39 is 20.2 Å². The van der Waals surface area contributed by atoms with Crippen LogP contribution >= 0.6 is 0 Å². The van der Waals surface area contributed by atoms with E-state index in [1.807, 2.05) is 13.8 Å². The maximum Gasteiger partial charge on any atom is 0.282 e. The van der Waals surface area contributed by atoms with Crippen LogP contribution in [-0.4, -0.2) is 99.7 Å². The van der Waals surface area contributed by atoms with Gasteiger partial charge in [0, 0.05) is 45.9 Å². The average Bonchev–Trinajstić information content (AvgIpc) is 2.61. The summed E-state index contributed by atoms with van der Waals surface area (Å²) in [5, 5.41) is 0. The van der Waals surface area contributed by atoms with Gasteiger partial charge >= 0.3 is 0 Å².